The van der Waals surface area contributed by atoms with Crippen molar-refractivity contribution in [2.24, 2.45) is 0 Å². The Balaban J connectivity index is 4.17. The van der Waals surface area contributed by atoms with E-state index in [2.05, 4.69) is 0 Å². The second-order valence-corrected chi connectivity index (χ2v) is 2.79. The molecule has 3 nitrogen and oxygen atoms in total. The minimum atomic E-state index is -4.41. The molecule has 0 heterocycles. The third kappa shape index (κ3) is 7.88. The molecular formula is C7H9ClF3NO2. The molecule has 0 aromatic carbocycles. The van der Waals surface area contributed by atoms with Crippen LogP contribution in [-0.2, 0) is 4.79 Å². The van der Waals surface area contributed by atoms with Crippen LogP contribution in [-0.4, -0.2) is 41.8 Å². The lowest BCUT2D eigenvalue weighted by Gasteiger charge is -2.19. The molecule has 0 aliphatic carbocycles. The van der Waals surface area contributed by atoms with Crippen LogP contribution < -0.4 is 0 Å². The molecule has 0 aliphatic heterocycles. The van der Waals surface area contributed by atoms with Crippen molar-refractivity contribution in [3.8, 4) is 0 Å². The van der Waals surface area contributed by atoms with Gasteiger partial charge in [0.05, 0.1) is 13.1 Å². The zero-order valence-corrected chi connectivity index (χ0v) is 7.85. The van der Waals surface area contributed by atoms with Crippen LogP contribution in [0.25, 0.3) is 0 Å². The van der Waals surface area contributed by atoms with Crippen molar-refractivity contribution < 1.29 is 23.1 Å². The van der Waals surface area contributed by atoms with Gasteiger partial charge >= 0.3 is 12.1 Å². The van der Waals surface area contributed by atoms with E-state index in [9.17, 15) is 18.0 Å². The number of carbonyl (C=O) groups is 1. The van der Waals surface area contributed by atoms with Crippen LogP contribution >= 0.6 is 11.6 Å². The lowest BCUT2D eigenvalue weighted by Crippen LogP contribution is -2.37. The van der Waals surface area contributed by atoms with Crippen LogP contribution in [0.5, 0.6) is 0 Å². The van der Waals surface area contributed by atoms with Gasteiger partial charge in [0.25, 0.3) is 0 Å². The summed E-state index contributed by atoms with van der Waals surface area (Å²) in [5, 5.41) is 8.31. The van der Waals surface area contributed by atoms with E-state index in [1.807, 2.05) is 0 Å². The maximum atomic E-state index is 11.9. The molecule has 0 spiro atoms. The normalized spacial score (nSPS) is 12.6. The van der Waals surface area contributed by atoms with E-state index in [4.69, 9.17) is 16.7 Å². The Labute approximate surface area is 83.8 Å². The minimum absolute atomic E-state index is 0.144. The highest BCUT2D eigenvalue weighted by Crippen LogP contribution is 2.16. The van der Waals surface area contributed by atoms with Gasteiger partial charge in [0.2, 0.25) is 0 Å². The van der Waals surface area contributed by atoms with Crippen molar-refractivity contribution in [3.63, 3.8) is 0 Å². The molecule has 0 atom stereocenters. The highest BCUT2D eigenvalue weighted by atomic mass is 35.5. The average molecular weight is 232 g/mol. The molecule has 0 amide bonds. The molecule has 0 aromatic heterocycles. The number of nitrogens with zero attached hydrogens (tertiary/aromatic N) is 1. The number of halogens is 4. The summed E-state index contributed by atoms with van der Waals surface area (Å²) in [4.78, 5) is 10.9. The average Bonchev–Trinajstić information content (AvgIpc) is 1.96. The van der Waals surface area contributed by atoms with Crippen molar-refractivity contribution in [1.29, 1.82) is 0 Å². The third-order valence-corrected chi connectivity index (χ3v) is 1.39. The van der Waals surface area contributed by atoms with Gasteiger partial charge in [-0.1, -0.05) is 17.7 Å². The van der Waals surface area contributed by atoms with Crippen LogP contribution in [0.3, 0.4) is 0 Å². The summed E-state index contributed by atoms with van der Waals surface area (Å²) >= 11 is 5.12. The Morgan fingerprint density at radius 3 is 2.43 bits per heavy atom. The standard InChI is InChI=1S/C7H9ClF3NO2/c8-2-1-3-12(4-6(13)14)5-7(9,10)11/h1-2H,3-5H2,(H,13,14). The van der Waals surface area contributed by atoms with Crippen molar-refractivity contribution in [1.82, 2.24) is 4.90 Å². The monoisotopic (exact) mass is 231 g/mol. The first-order valence-electron chi connectivity index (χ1n) is 3.61. The molecule has 0 bridgehead atoms. The molecule has 82 valence electrons. The molecule has 0 aromatic rings. The molecule has 1 N–H and O–H groups in total. The SMILES string of the molecule is O=C(O)CN(CC=CCl)CC(F)(F)F. The number of rotatable bonds is 5. The summed E-state index contributed by atoms with van der Waals surface area (Å²) in [6.45, 7) is -2.07. The fourth-order valence-corrected chi connectivity index (χ4v) is 0.898. The van der Waals surface area contributed by atoms with Crippen LogP contribution in [0.2, 0.25) is 0 Å². The molecule has 0 rings (SSSR count). The van der Waals surface area contributed by atoms with Gasteiger partial charge in [-0.25, -0.2) is 0 Å². The highest BCUT2D eigenvalue weighted by molar-refractivity contribution is 6.25. The quantitative estimate of drug-likeness (QED) is 0.783. The fourth-order valence-electron chi connectivity index (χ4n) is 0.819. The third-order valence-electron chi connectivity index (χ3n) is 1.21. The Bertz CT molecular complexity index is 217. The first-order valence-corrected chi connectivity index (χ1v) is 4.05. The van der Waals surface area contributed by atoms with E-state index < -0.39 is 25.2 Å². The van der Waals surface area contributed by atoms with Gasteiger partial charge in [-0.2, -0.15) is 13.2 Å². The summed E-state index contributed by atoms with van der Waals surface area (Å²) < 4.78 is 35.7. The largest absolute Gasteiger partial charge is 0.480 e. The maximum absolute atomic E-state index is 11.9. The van der Waals surface area contributed by atoms with E-state index >= 15 is 0 Å². The molecule has 0 aliphatic rings. The number of hydrogen-bond acceptors (Lipinski definition) is 2. The number of carboxylic acid groups (broad SMARTS) is 1. The number of hydrogen-bond donors (Lipinski definition) is 1. The molecular weight excluding hydrogens is 223 g/mol. The minimum Gasteiger partial charge on any atom is -0.480 e. The predicted molar refractivity (Wildman–Crippen MR) is 45.1 cm³/mol. The summed E-state index contributed by atoms with van der Waals surface area (Å²) in [6.07, 6.45) is -3.16. The van der Waals surface area contributed by atoms with Gasteiger partial charge in [-0.15, -0.1) is 0 Å². The van der Waals surface area contributed by atoms with E-state index in [-0.39, 0.29) is 6.54 Å². The first kappa shape index (κ1) is 13.2. The van der Waals surface area contributed by atoms with Crippen LogP contribution in [0.15, 0.2) is 11.6 Å². The molecule has 0 saturated heterocycles. The smallest absolute Gasteiger partial charge is 0.401 e. The Hall–Kier alpha value is -0.750. The first-order chi connectivity index (χ1) is 6.35. The number of alkyl halides is 3. The molecule has 0 fully saturated rings. The van der Waals surface area contributed by atoms with Crippen molar-refractivity contribution in [3.05, 3.63) is 11.6 Å². The van der Waals surface area contributed by atoms with Gasteiger partial charge in [-0.3, -0.25) is 9.69 Å². The van der Waals surface area contributed by atoms with Crippen LogP contribution in [0, 0.1) is 0 Å². The van der Waals surface area contributed by atoms with Gasteiger partial charge in [0.15, 0.2) is 0 Å². The van der Waals surface area contributed by atoms with Crippen molar-refractivity contribution >= 4 is 17.6 Å². The molecule has 0 unspecified atom stereocenters. The maximum Gasteiger partial charge on any atom is 0.401 e. The fraction of sp³-hybridized carbons (Fsp3) is 0.571. The Kier molecular flexibility index (Phi) is 5.56. The molecule has 0 saturated carbocycles. The number of aliphatic carboxylic acids is 1. The lowest BCUT2D eigenvalue weighted by molar-refractivity contribution is -0.152. The second kappa shape index (κ2) is 5.87. The second-order valence-electron chi connectivity index (χ2n) is 2.54. The van der Waals surface area contributed by atoms with E-state index in [1.165, 1.54) is 6.08 Å². The van der Waals surface area contributed by atoms with Crippen molar-refractivity contribution in [2.75, 3.05) is 19.6 Å². The van der Waals surface area contributed by atoms with Gasteiger partial charge < -0.3 is 5.11 Å². The van der Waals surface area contributed by atoms with Gasteiger partial charge in [0, 0.05) is 12.1 Å². The Morgan fingerprint density at radius 2 is 2.07 bits per heavy atom. The van der Waals surface area contributed by atoms with Crippen molar-refractivity contribution in [2.45, 2.75) is 6.18 Å². The highest BCUT2D eigenvalue weighted by Gasteiger charge is 2.30. The van der Waals surface area contributed by atoms with Crippen LogP contribution in [0.4, 0.5) is 13.2 Å². The van der Waals surface area contributed by atoms with E-state index in [1.54, 1.807) is 0 Å². The van der Waals surface area contributed by atoms with E-state index in [0.29, 0.717) is 0 Å². The molecule has 14 heavy (non-hydrogen) atoms. The van der Waals surface area contributed by atoms with E-state index in [0.717, 1.165) is 10.4 Å². The lowest BCUT2D eigenvalue weighted by atomic mass is 10.4. The Morgan fingerprint density at radius 1 is 1.50 bits per heavy atom. The van der Waals surface area contributed by atoms with Crippen LogP contribution in [0.1, 0.15) is 0 Å². The molecule has 0 radical (unpaired) electrons. The van der Waals surface area contributed by atoms with Gasteiger partial charge in [-0.05, 0) is 0 Å². The molecule has 7 heteroatoms. The summed E-state index contributed by atoms with van der Waals surface area (Å²) in [5.74, 6) is -1.31. The number of carboxylic acids is 1. The summed E-state index contributed by atoms with van der Waals surface area (Å²) in [6, 6.07) is 0. The zero-order chi connectivity index (χ0) is 11.2. The summed E-state index contributed by atoms with van der Waals surface area (Å²) in [7, 11) is 0. The van der Waals surface area contributed by atoms with Gasteiger partial charge in [0.1, 0.15) is 0 Å². The summed E-state index contributed by atoms with van der Waals surface area (Å²) in [5.41, 5.74) is 1.05. The topological polar surface area (TPSA) is 40.5 Å². The zero-order valence-electron chi connectivity index (χ0n) is 7.09. The predicted octanol–water partition coefficient (Wildman–Crippen LogP) is 1.69.